The topological polar surface area (TPSA) is 121 Å². The van der Waals surface area contributed by atoms with E-state index in [0.717, 1.165) is 11.1 Å². The van der Waals surface area contributed by atoms with Gasteiger partial charge in [-0.1, -0.05) is 53.6 Å². The molecule has 0 aromatic heterocycles. The molecule has 1 unspecified atom stereocenters. The maximum atomic E-state index is 14.1. The summed E-state index contributed by atoms with van der Waals surface area (Å²) in [4.78, 5) is 42.1. The quantitative estimate of drug-likeness (QED) is 0.304. The van der Waals surface area contributed by atoms with Gasteiger partial charge in [-0.15, -0.1) is 0 Å². The zero-order valence-electron chi connectivity index (χ0n) is 22.4. The Morgan fingerprint density at radius 1 is 0.846 bits per heavy atom. The standard InChI is InChI=1S/C29H33N5O5/c1-5-39-25(38-4)18-34-24-9-7-6-8-23(24)29(26(34)35,32-27(36)30-21-14-10-19(2)11-15-21)33-28(37)31-22-16-12-20(3)13-17-22/h6-17,25H,5,18H2,1-4H3,(H2,30,32,36)(H2,31,33,37). The Hall–Kier alpha value is -4.41. The number of amides is 5. The summed E-state index contributed by atoms with van der Waals surface area (Å²) in [5.41, 5.74) is 2.13. The van der Waals surface area contributed by atoms with Crippen LogP contribution in [0.1, 0.15) is 23.6 Å². The van der Waals surface area contributed by atoms with E-state index in [2.05, 4.69) is 21.3 Å². The molecule has 0 aliphatic carbocycles. The molecule has 3 aromatic rings. The predicted molar refractivity (Wildman–Crippen MR) is 150 cm³/mol. The summed E-state index contributed by atoms with van der Waals surface area (Å²) in [6.07, 6.45) is -0.717. The second-order valence-corrected chi connectivity index (χ2v) is 9.19. The van der Waals surface area contributed by atoms with Crippen molar-refractivity contribution in [2.45, 2.75) is 32.7 Å². The SMILES string of the molecule is CCOC(CN1C(=O)C(NC(=O)Nc2ccc(C)cc2)(NC(=O)Nc2ccc(C)cc2)c2ccccc21)OC. The Morgan fingerprint density at radius 3 is 1.85 bits per heavy atom. The number of methoxy groups -OCH3 is 1. The number of nitrogens with zero attached hydrogens (tertiary/aromatic N) is 1. The van der Waals surface area contributed by atoms with E-state index >= 15 is 0 Å². The number of fused-ring (bicyclic) bond motifs is 1. The van der Waals surface area contributed by atoms with Gasteiger partial charge in [-0.05, 0) is 51.1 Å². The summed E-state index contributed by atoms with van der Waals surface area (Å²) >= 11 is 0. The van der Waals surface area contributed by atoms with Crippen molar-refractivity contribution in [2.75, 3.05) is 35.8 Å². The number of hydrogen-bond acceptors (Lipinski definition) is 5. The highest BCUT2D eigenvalue weighted by Crippen LogP contribution is 2.39. The van der Waals surface area contributed by atoms with E-state index in [1.165, 1.54) is 12.0 Å². The number of benzene rings is 3. The lowest BCUT2D eigenvalue weighted by molar-refractivity contribution is -0.131. The van der Waals surface area contributed by atoms with Crippen LogP contribution >= 0.6 is 0 Å². The van der Waals surface area contributed by atoms with E-state index in [9.17, 15) is 14.4 Å². The van der Waals surface area contributed by atoms with Gasteiger partial charge in [0.15, 0.2) is 6.29 Å². The van der Waals surface area contributed by atoms with Crippen LogP contribution in [0.3, 0.4) is 0 Å². The number of ether oxygens (including phenoxy) is 2. The van der Waals surface area contributed by atoms with E-state index < -0.39 is 29.9 Å². The number of aryl methyl sites for hydroxylation is 2. The van der Waals surface area contributed by atoms with Crippen molar-refractivity contribution in [2.24, 2.45) is 0 Å². The highest BCUT2D eigenvalue weighted by Gasteiger charge is 2.54. The first-order valence-electron chi connectivity index (χ1n) is 12.6. The molecule has 5 amide bonds. The second kappa shape index (κ2) is 12.0. The first-order valence-corrected chi connectivity index (χ1v) is 12.6. The minimum Gasteiger partial charge on any atom is -0.354 e. The molecule has 1 heterocycles. The third kappa shape index (κ3) is 6.19. The van der Waals surface area contributed by atoms with Crippen molar-refractivity contribution >= 4 is 35.0 Å². The van der Waals surface area contributed by atoms with E-state index in [0.29, 0.717) is 29.2 Å². The van der Waals surface area contributed by atoms with Crippen molar-refractivity contribution < 1.29 is 23.9 Å². The second-order valence-electron chi connectivity index (χ2n) is 9.19. The molecule has 10 heteroatoms. The van der Waals surface area contributed by atoms with Crippen LogP contribution in [0.15, 0.2) is 72.8 Å². The molecular weight excluding hydrogens is 498 g/mol. The van der Waals surface area contributed by atoms with Gasteiger partial charge in [0.1, 0.15) is 0 Å². The Labute approximate surface area is 227 Å². The summed E-state index contributed by atoms with van der Waals surface area (Å²) in [5, 5.41) is 11.0. The summed E-state index contributed by atoms with van der Waals surface area (Å²) in [6.45, 7) is 6.12. The number of carbonyl (C=O) groups excluding carboxylic acids is 3. The molecule has 4 N–H and O–H groups in total. The molecule has 204 valence electrons. The average molecular weight is 532 g/mol. The zero-order chi connectivity index (χ0) is 28.0. The maximum Gasteiger partial charge on any atom is 0.321 e. The highest BCUT2D eigenvalue weighted by molar-refractivity contribution is 6.12. The lowest BCUT2D eigenvalue weighted by Gasteiger charge is -2.31. The number of hydrogen-bond donors (Lipinski definition) is 4. The van der Waals surface area contributed by atoms with E-state index in [1.54, 1.807) is 48.5 Å². The van der Waals surface area contributed by atoms with Crippen molar-refractivity contribution in [3.8, 4) is 0 Å². The number of para-hydroxylation sites is 1. The zero-order valence-corrected chi connectivity index (χ0v) is 22.4. The average Bonchev–Trinajstić information content (AvgIpc) is 3.13. The van der Waals surface area contributed by atoms with Gasteiger partial charge in [0, 0.05) is 30.7 Å². The van der Waals surface area contributed by atoms with Crippen molar-refractivity contribution in [1.82, 2.24) is 10.6 Å². The van der Waals surface area contributed by atoms with E-state index in [-0.39, 0.29) is 6.54 Å². The number of nitrogens with one attached hydrogen (secondary N) is 4. The van der Waals surface area contributed by atoms with Gasteiger partial charge in [0.25, 0.3) is 5.91 Å². The summed E-state index contributed by atoms with van der Waals surface area (Å²) in [6, 6.07) is 20.0. The van der Waals surface area contributed by atoms with Crippen molar-refractivity contribution in [1.29, 1.82) is 0 Å². The van der Waals surface area contributed by atoms with Gasteiger partial charge in [0.2, 0.25) is 5.66 Å². The number of carbonyl (C=O) groups is 3. The van der Waals surface area contributed by atoms with Gasteiger partial charge in [-0.3, -0.25) is 4.79 Å². The largest absolute Gasteiger partial charge is 0.354 e. The van der Waals surface area contributed by atoms with Crippen molar-refractivity contribution in [3.05, 3.63) is 89.5 Å². The molecule has 0 saturated heterocycles. The fourth-order valence-corrected chi connectivity index (χ4v) is 4.38. The predicted octanol–water partition coefficient (Wildman–Crippen LogP) is 4.46. The van der Waals surface area contributed by atoms with E-state index in [1.807, 2.05) is 45.0 Å². The Kier molecular flexibility index (Phi) is 8.48. The summed E-state index contributed by atoms with van der Waals surface area (Å²) in [5.74, 6) is -0.566. The lowest BCUT2D eigenvalue weighted by atomic mass is 10.0. The normalized spacial score (nSPS) is 14.4. The fraction of sp³-hybridized carbons (Fsp3) is 0.276. The molecule has 0 bridgehead atoms. The van der Waals surface area contributed by atoms with Crippen LogP contribution in [0.25, 0.3) is 0 Å². The molecule has 4 rings (SSSR count). The van der Waals surface area contributed by atoms with Crippen LogP contribution in [-0.2, 0) is 19.9 Å². The fourth-order valence-electron chi connectivity index (χ4n) is 4.38. The van der Waals surface area contributed by atoms with Gasteiger partial charge >= 0.3 is 12.1 Å². The monoisotopic (exact) mass is 531 g/mol. The minimum absolute atomic E-state index is 0.0461. The number of urea groups is 2. The Balaban J connectivity index is 1.69. The number of rotatable bonds is 9. The molecule has 0 saturated carbocycles. The van der Waals surface area contributed by atoms with Crippen LogP contribution in [0, 0.1) is 13.8 Å². The van der Waals surface area contributed by atoms with Crippen LogP contribution in [-0.4, -0.2) is 44.5 Å². The molecule has 0 spiro atoms. The molecule has 0 radical (unpaired) electrons. The smallest absolute Gasteiger partial charge is 0.321 e. The van der Waals surface area contributed by atoms with Crippen LogP contribution < -0.4 is 26.2 Å². The van der Waals surface area contributed by atoms with E-state index in [4.69, 9.17) is 9.47 Å². The molecule has 1 atom stereocenters. The summed E-state index contributed by atoms with van der Waals surface area (Å²) < 4.78 is 11.0. The lowest BCUT2D eigenvalue weighted by Crippen LogP contribution is -2.65. The number of anilines is 3. The minimum atomic E-state index is -1.91. The van der Waals surface area contributed by atoms with Crippen molar-refractivity contribution in [3.63, 3.8) is 0 Å². The molecule has 39 heavy (non-hydrogen) atoms. The van der Waals surface area contributed by atoms with Gasteiger partial charge in [-0.2, -0.15) is 0 Å². The molecule has 1 aliphatic heterocycles. The molecule has 0 fully saturated rings. The van der Waals surface area contributed by atoms with Gasteiger partial charge in [-0.25, -0.2) is 9.59 Å². The third-order valence-electron chi connectivity index (χ3n) is 6.33. The van der Waals surface area contributed by atoms with Gasteiger partial charge in [0.05, 0.1) is 12.2 Å². The van der Waals surface area contributed by atoms with Crippen LogP contribution in [0.4, 0.5) is 26.7 Å². The third-order valence-corrected chi connectivity index (χ3v) is 6.33. The van der Waals surface area contributed by atoms with Crippen LogP contribution in [0.5, 0.6) is 0 Å². The molecular formula is C29H33N5O5. The molecule has 10 nitrogen and oxygen atoms in total. The summed E-state index contributed by atoms with van der Waals surface area (Å²) in [7, 11) is 1.49. The van der Waals surface area contributed by atoms with Crippen LogP contribution in [0.2, 0.25) is 0 Å². The molecule has 1 aliphatic rings. The Bertz CT molecular complexity index is 1270. The molecule has 3 aromatic carbocycles. The maximum absolute atomic E-state index is 14.1. The first-order chi connectivity index (χ1) is 18.8. The Morgan fingerprint density at radius 2 is 1.36 bits per heavy atom. The first kappa shape index (κ1) is 27.6. The van der Waals surface area contributed by atoms with Gasteiger partial charge < -0.3 is 35.6 Å². The highest BCUT2D eigenvalue weighted by atomic mass is 16.7.